The number of carboxylic acids is 1. The van der Waals surface area contributed by atoms with Gasteiger partial charge < -0.3 is 10.4 Å². The second-order valence-corrected chi connectivity index (χ2v) is 4.38. The zero-order valence-electron chi connectivity index (χ0n) is 10.4. The van der Waals surface area contributed by atoms with E-state index in [0.29, 0.717) is 10.7 Å². The van der Waals surface area contributed by atoms with E-state index in [9.17, 15) is 9.59 Å². The number of rotatable bonds is 3. The molecular weight excluding hydrogens is 282 g/mol. The summed E-state index contributed by atoms with van der Waals surface area (Å²) in [6, 6.07) is 4.98. The Hall–Kier alpha value is -2.47. The second kappa shape index (κ2) is 5.66. The highest BCUT2D eigenvalue weighted by atomic mass is 35.5. The fraction of sp³-hybridized carbons (Fsp3) is 0.0769. The van der Waals surface area contributed by atoms with E-state index in [4.69, 9.17) is 16.7 Å². The molecule has 102 valence electrons. The number of carboxylic acid groups (broad SMARTS) is 1. The minimum atomic E-state index is -1.31. The molecular formula is C13H10ClN3O3. The van der Waals surface area contributed by atoms with Crippen LogP contribution in [0.25, 0.3) is 0 Å². The molecule has 1 amide bonds. The number of aryl methyl sites for hydroxylation is 1. The maximum atomic E-state index is 12.0. The average Bonchev–Trinajstić information content (AvgIpc) is 2.43. The Labute approximate surface area is 119 Å². The SMILES string of the molecule is Cc1ccc(NC(=O)c2nccnc2C(=O)O)cc1Cl. The summed E-state index contributed by atoms with van der Waals surface area (Å²) < 4.78 is 0. The molecule has 0 radical (unpaired) electrons. The summed E-state index contributed by atoms with van der Waals surface area (Å²) in [6.07, 6.45) is 2.46. The largest absolute Gasteiger partial charge is 0.476 e. The normalized spacial score (nSPS) is 10.1. The van der Waals surface area contributed by atoms with Gasteiger partial charge in [0.25, 0.3) is 5.91 Å². The number of hydrogen-bond acceptors (Lipinski definition) is 4. The Bertz CT molecular complexity index is 688. The molecule has 2 N–H and O–H groups in total. The van der Waals surface area contributed by atoms with Crippen molar-refractivity contribution in [3.05, 3.63) is 52.6 Å². The van der Waals surface area contributed by atoms with Crippen molar-refractivity contribution in [1.29, 1.82) is 0 Å². The van der Waals surface area contributed by atoms with E-state index in [1.54, 1.807) is 18.2 Å². The molecule has 0 bridgehead atoms. The smallest absolute Gasteiger partial charge is 0.356 e. The number of amides is 1. The first-order valence-corrected chi connectivity index (χ1v) is 5.98. The molecule has 7 heteroatoms. The molecule has 1 aromatic heterocycles. The molecule has 1 aromatic carbocycles. The highest BCUT2D eigenvalue weighted by molar-refractivity contribution is 6.31. The standard InChI is InChI=1S/C13H10ClN3O3/c1-7-2-3-8(6-9(7)14)17-12(18)10-11(13(19)20)16-5-4-15-10/h2-6H,1H3,(H,17,18)(H,19,20). The van der Waals surface area contributed by atoms with Crippen LogP contribution in [0.2, 0.25) is 5.02 Å². The van der Waals surface area contributed by atoms with Crippen molar-refractivity contribution in [2.24, 2.45) is 0 Å². The van der Waals surface area contributed by atoms with Crippen molar-refractivity contribution in [1.82, 2.24) is 9.97 Å². The summed E-state index contributed by atoms with van der Waals surface area (Å²) in [7, 11) is 0. The highest BCUT2D eigenvalue weighted by Gasteiger charge is 2.19. The lowest BCUT2D eigenvalue weighted by molar-refractivity contribution is 0.0685. The number of aromatic carboxylic acids is 1. The van der Waals surface area contributed by atoms with Crippen LogP contribution in [0.4, 0.5) is 5.69 Å². The molecule has 0 aliphatic heterocycles. The van der Waals surface area contributed by atoms with Gasteiger partial charge in [0.05, 0.1) is 0 Å². The fourth-order valence-electron chi connectivity index (χ4n) is 1.52. The third kappa shape index (κ3) is 2.92. The summed E-state index contributed by atoms with van der Waals surface area (Å²) in [6.45, 7) is 1.83. The zero-order valence-corrected chi connectivity index (χ0v) is 11.2. The molecule has 0 fully saturated rings. The van der Waals surface area contributed by atoms with Crippen LogP contribution >= 0.6 is 11.6 Å². The second-order valence-electron chi connectivity index (χ2n) is 3.98. The first-order chi connectivity index (χ1) is 9.49. The predicted molar refractivity (Wildman–Crippen MR) is 73.1 cm³/mol. The number of halogens is 1. The summed E-state index contributed by atoms with van der Waals surface area (Å²) >= 11 is 5.95. The van der Waals surface area contributed by atoms with E-state index >= 15 is 0 Å². The number of anilines is 1. The van der Waals surface area contributed by atoms with Gasteiger partial charge in [0.2, 0.25) is 0 Å². The van der Waals surface area contributed by atoms with Crippen LogP contribution in [0.15, 0.2) is 30.6 Å². The van der Waals surface area contributed by atoms with Gasteiger partial charge in [-0.2, -0.15) is 0 Å². The van der Waals surface area contributed by atoms with Crippen LogP contribution in [-0.4, -0.2) is 27.0 Å². The van der Waals surface area contributed by atoms with Crippen LogP contribution in [-0.2, 0) is 0 Å². The van der Waals surface area contributed by atoms with Gasteiger partial charge in [0.15, 0.2) is 11.4 Å². The Balaban J connectivity index is 2.28. The molecule has 0 saturated heterocycles. The van der Waals surface area contributed by atoms with Gasteiger partial charge in [0.1, 0.15) is 0 Å². The summed E-state index contributed by atoms with van der Waals surface area (Å²) in [5.41, 5.74) is 0.669. The molecule has 0 unspecified atom stereocenters. The topological polar surface area (TPSA) is 92.2 Å². The third-order valence-electron chi connectivity index (χ3n) is 2.55. The van der Waals surface area contributed by atoms with E-state index in [0.717, 1.165) is 5.56 Å². The average molecular weight is 292 g/mol. The summed E-state index contributed by atoms with van der Waals surface area (Å²) in [4.78, 5) is 30.4. The van der Waals surface area contributed by atoms with Crippen LogP contribution in [0.3, 0.4) is 0 Å². The van der Waals surface area contributed by atoms with Gasteiger partial charge in [-0.3, -0.25) is 4.79 Å². The van der Waals surface area contributed by atoms with E-state index in [2.05, 4.69) is 15.3 Å². The van der Waals surface area contributed by atoms with Crippen LogP contribution in [0, 0.1) is 6.92 Å². The lowest BCUT2D eigenvalue weighted by atomic mass is 10.2. The quantitative estimate of drug-likeness (QED) is 0.906. The zero-order chi connectivity index (χ0) is 14.7. The lowest BCUT2D eigenvalue weighted by Gasteiger charge is -2.07. The third-order valence-corrected chi connectivity index (χ3v) is 2.95. The minimum Gasteiger partial charge on any atom is -0.476 e. The maximum absolute atomic E-state index is 12.0. The van der Waals surface area contributed by atoms with E-state index in [-0.39, 0.29) is 5.69 Å². The monoisotopic (exact) mass is 291 g/mol. The van der Waals surface area contributed by atoms with Crippen molar-refractivity contribution in [2.75, 3.05) is 5.32 Å². The Morgan fingerprint density at radius 3 is 2.45 bits per heavy atom. The fourth-order valence-corrected chi connectivity index (χ4v) is 1.70. The molecule has 0 atom stereocenters. The van der Waals surface area contributed by atoms with E-state index < -0.39 is 17.6 Å². The van der Waals surface area contributed by atoms with E-state index in [1.165, 1.54) is 12.4 Å². The highest BCUT2D eigenvalue weighted by Crippen LogP contribution is 2.20. The summed E-state index contributed by atoms with van der Waals surface area (Å²) in [5.74, 6) is -1.97. The molecule has 2 rings (SSSR count). The number of aromatic nitrogens is 2. The lowest BCUT2D eigenvalue weighted by Crippen LogP contribution is -2.19. The van der Waals surface area contributed by atoms with Crippen molar-refractivity contribution in [3.63, 3.8) is 0 Å². The van der Waals surface area contributed by atoms with Crippen LogP contribution in [0.1, 0.15) is 26.5 Å². The Morgan fingerprint density at radius 1 is 1.20 bits per heavy atom. The number of benzene rings is 1. The molecule has 0 aliphatic rings. The number of nitrogens with one attached hydrogen (secondary N) is 1. The number of carbonyl (C=O) groups is 2. The predicted octanol–water partition coefficient (Wildman–Crippen LogP) is 2.39. The van der Waals surface area contributed by atoms with Crippen molar-refractivity contribution in [3.8, 4) is 0 Å². The van der Waals surface area contributed by atoms with Gasteiger partial charge in [-0.05, 0) is 24.6 Å². The first kappa shape index (κ1) is 14.0. The van der Waals surface area contributed by atoms with Crippen molar-refractivity contribution >= 4 is 29.2 Å². The van der Waals surface area contributed by atoms with Crippen molar-refractivity contribution < 1.29 is 14.7 Å². The van der Waals surface area contributed by atoms with E-state index in [1.807, 2.05) is 6.92 Å². The maximum Gasteiger partial charge on any atom is 0.356 e. The number of nitrogens with zero attached hydrogens (tertiary/aromatic N) is 2. The van der Waals surface area contributed by atoms with Gasteiger partial charge in [-0.1, -0.05) is 17.7 Å². The molecule has 0 aliphatic carbocycles. The Kier molecular flexibility index (Phi) is 3.95. The molecule has 20 heavy (non-hydrogen) atoms. The van der Waals surface area contributed by atoms with Crippen LogP contribution < -0.4 is 5.32 Å². The number of hydrogen-bond donors (Lipinski definition) is 2. The molecule has 0 spiro atoms. The minimum absolute atomic E-state index is 0.253. The molecule has 6 nitrogen and oxygen atoms in total. The Morgan fingerprint density at radius 2 is 1.85 bits per heavy atom. The molecule has 1 heterocycles. The van der Waals surface area contributed by atoms with Crippen LogP contribution in [0.5, 0.6) is 0 Å². The summed E-state index contributed by atoms with van der Waals surface area (Å²) in [5, 5.41) is 12.0. The molecule has 0 saturated carbocycles. The van der Waals surface area contributed by atoms with Gasteiger partial charge in [-0.15, -0.1) is 0 Å². The van der Waals surface area contributed by atoms with Gasteiger partial charge >= 0.3 is 5.97 Å². The van der Waals surface area contributed by atoms with Gasteiger partial charge in [0, 0.05) is 23.1 Å². The first-order valence-electron chi connectivity index (χ1n) is 5.61. The van der Waals surface area contributed by atoms with Gasteiger partial charge in [-0.25, -0.2) is 14.8 Å². The van der Waals surface area contributed by atoms with Crippen molar-refractivity contribution in [2.45, 2.75) is 6.92 Å². The molecule has 2 aromatic rings. The number of carbonyl (C=O) groups excluding carboxylic acids is 1.